The number of carbonyl (C=O) groups is 3. The fraction of sp³-hybridized carbons (Fsp3) is 0.609. The summed E-state index contributed by atoms with van der Waals surface area (Å²) < 4.78 is 0. The second kappa shape index (κ2) is 10.6. The van der Waals surface area contributed by atoms with E-state index in [0.717, 1.165) is 0 Å². The highest BCUT2D eigenvalue weighted by molar-refractivity contribution is 5.97. The Labute approximate surface area is 179 Å². The number of nitrogens with one attached hydrogen (secondary N) is 2. The van der Waals surface area contributed by atoms with Crippen molar-refractivity contribution in [2.24, 2.45) is 17.6 Å². The number of rotatable bonds is 7. The molecular weight excluding hydrogens is 380 g/mol. The zero-order valence-electron chi connectivity index (χ0n) is 18.8. The SMILES string of the molecule is CC(C)c1ccc(NC(=O)[C@H](C)NC(=O)C2CCN(C(=O)[C@@H](N)C(C)C)CC2)cc1. The number of amides is 3. The second-order valence-electron chi connectivity index (χ2n) is 8.87. The van der Waals surface area contributed by atoms with Crippen LogP contribution in [0.15, 0.2) is 24.3 Å². The first kappa shape index (κ1) is 23.9. The molecule has 1 aliphatic heterocycles. The number of piperidine rings is 1. The summed E-state index contributed by atoms with van der Waals surface area (Å²) in [6, 6.07) is 6.57. The Morgan fingerprint density at radius 2 is 1.57 bits per heavy atom. The Morgan fingerprint density at radius 3 is 2.07 bits per heavy atom. The van der Waals surface area contributed by atoms with Crippen molar-refractivity contribution < 1.29 is 14.4 Å². The highest BCUT2D eigenvalue weighted by atomic mass is 16.2. The lowest BCUT2D eigenvalue weighted by molar-refractivity contribution is -0.137. The molecule has 4 N–H and O–H groups in total. The van der Waals surface area contributed by atoms with Crippen LogP contribution in [-0.4, -0.2) is 47.8 Å². The minimum Gasteiger partial charge on any atom is -0.344 e. The van der Waals surface area contributed by atoms with Crippen LogP contribution >= 0.6 is 0 Å². The molecule has 0 bridgehead atoms. The van der Waals surface area contributed by atoms with E-state index in [1.807, 2.05) is 38.1 Å². The summed E-state index contributed by atoms with van der Waals surface area (Å²) in [6.07, 6.45) is 1.15. The number of nitrogens with two attached hydrogens (primary N) is 1. The van der Waals surface area contributed by atoms with Gasteiger partial charge < -0.3 is 21.3 Å². The minimum atomic E-state index is -0.642. The molecule has 0 spiro atoms. The maximum absolute atomic E-state index is 12.6. The third kappa shape index (κ3) is 6.29. The molecule has 0 saturated carbocycles. The van der Waals surface area contributed by atoms with E-state index >= 15 is 0 Å². The van der Waals surface area contributed by atoms with Crippen LogP contribution < -0.4 is 16.4 Å². The molecule has 0 aliphatic carbocycles. The van der Waals surface area contributed by atoms with Gasteiger partial charge in [0, 0.05) is 24.7 Å². The smallest absolute Gasteiger partial charge is 0.246 e. The minimum absolute atomic E-state index is 0.0555. The summed E-state index contributed by atoms with van der Waals surface area (Å²) in [7, 11) is 0. The molecule has 2 atom stereocenters. The van der Waals surface area contributed by atoms with Gasteiger partial charge in [0.2, 0.25) is 17.7 Å². The Kier molecular flexibility index (Phi) is 8.41. The molecule has 166 valence electrons. The quantitative estimate of drug-likeness (QED) is 0.635. The number of benzene rings is 1. The summed E-state index contributed by atoms with van der Waals surface area (Å²) in [6.45, 7) is 10.8. The molecule has 0 unspecified atom stereocenters. The lowest BCUT2D eigenvalue weighted by Gasteiger charge is -2.34. The van der Waals surface area contributed by atoms with Crippen LogP contribution in [0, 0.1) is 11.8 Å². The molecule has 1 aliphatic rings. The molecular formula is C23H36N4O3. The van der Waals surface area contributed by atoms with Crippen LogP contribution in [-0.2, 0) is 14.4 Å². The highest BCUT2D eigenvalue weighted by Gasteiger charge is 2.31. The summed E-state index contributed by atoms with van der Waals surface area (Å²) in [5, 5.41) is 5.65. The summed E-state index contributed by atoms with van der Waals surface area (Å²) >= 11 is 0. The Balaban J connectivity index is 1.81. The summed E-state index contributed by atoms with van der Waals surface area (Å²) in [5.41, 5.74) is 7.87. The first-order valence-electron chi connectivity index (χ1n) is 10.9. The van der Waals surface area contributed by atoms with Gasteiger partial charge in [0.05, 0.1) is 6.04 Å². The molecule has 0 aromatic heterocycles. The Morgan fingerprint density at radius 1 is 1.00 bits per heavy atom. The van der Waals surface area contributed by atoms with E-state index in [4.69, 9.17) is 5.73 Å². The fourth-order valence-corrected chi connectivity index (χ4v) is 3.46. The largest absolute Gasteiger partial charge is 0.344 e. The van der Waals surface area contributed by atoms with E-state index in [1.54, 1.807) is 11.8 Å². The monoisotopic (exact) mass is 416 g/mol. The molecule has 3 amide bonds. The molecule has 1 aromatic carbocycles. The third-order valence-electron chi connectivity index (χ3n) is 5.78. The van der Waals surface area contributed by atoms with Gasteiger partial charge in [0.25, 0.3) is 0 Å². The van der Waals surface area contributed by atoms with Crippen molar-refractivity contribution in [3.63, 3.8) is 0 Å². The van der Waals surface area contributed by atoms with Gasteiger partial charge in [-0.25, -0.2) is 0 Å². The van der Waals surface area contributed by atoms with Gasteiger partial charge in [-0.1, -0.05) is 39.8 Å². The van der Waals surface area contributed by atoms with E-state index in [1.165, 1.54) is 5.56 Å². The first-order valence-corrected chi connectivity index (χ1v) is 10.9. The lowest BCUT2D eigenvalue weighted by atomic mass is 9.94. The molecule has 1 aromatic rings. The van der Waals surface area contributed by atoms with Crippen molar-refractivity contribution in [2.45, 2.75) is 65.5 Å². The van der Waals surface area contributed by atoms with Crippen LogP contribution in [0.5, 0.6) is 0 Å². The van der Waals surface area contributed by atoms with Gasteiger partial charge in [-0.05, 0) is 49.3 Å². The number of likely N-dealkylation sites (tertiary alicyclic amines) is 1. The maximum atomic E-state index is 12.6. The van der Waals surface area contributed by atoms with Crippen molar-refractivity contribution in [2.75, 3.05) is 18.4 Å². The van der Waals surface area contributed by atoms with E-state index in [9.17, 15) is 14.4 Å². The zero-order chi connectivity index (χ0) is 22.4. The highest BCUT2D eigenvalue weighted by Crippen LogP contribution is 2.20. The fourth-order valence-electron chi connectivity index (χ4n) is 3.46. The van der Waals surface area contributed by atoms with Gasteiger partial charge in [-0.3, -0.25) is 14.4 Å². The van der Waals surface area contributed by atoms with Crippen molar-refractivity contribution in [3.05, 3.63) is 29.8 Å². The molecule has 7 nitrogen and oxygen atoms in total. The predicted molar refractivity (Wildman–Crippen MR) is 119 cm³/mol. The van der Waals surface area contributed by atoms with Gasteiger partial charge in [0.15, 0.2) is 0 Å². The van der Waals surface area contributed by atoms with E-state index in [-0.39, 0.29) is 29.6 Å². The van der Waals surface area contributed by atoms with E-state index in [0.29, 0.717) is 37.5 Å². The lowest BCUT2D eigenvalue weighted by Crippen LogP contribution is -2.51. The third-order valence-corrected chi connectivity index (χ3v) is 5.78. The summed E-state index contributed by atoms with van der Waals surface area (Å²) in [4.78, 5) is 39.1. The summed E-state index contributed by atoms with van der Waals surface area (Å²) in [5.74, 6) is -0.149. The van der Waals surface area contributed by atoms with Crippen LogP contribution in [0.25, 0.3) is 0 Å². The molecule has 30 heavy (non-hydrogen) atoms. The molecule has 7 heteroatoms. The van der Waals surface area contributed by atoms with Gasteiger partial charge in [-0.2, -0.15) is 0 Å². The van der Waals surface area contributed by atoms with Crippen molar-refractivity contribution in [1.29, 1.82) is 0 Å². The number of anilines is 1. The van der Waals surface area contributed by atoms with Crippen LogP contribution in [0.1, 0.15) is 58.9 Å². The Bertz CT molecular complexity index is 737. The van der Waals surface area contributed by atoms with Crippen LogP contribution in [0.4, 0.5) is 5.69 Å². The number of hydrogen-bond acceptors (Lipinski definition) is 4. The maximum Gasteiger partial charge on any atom is 0.246 e. The number of hydrogen-bond donors (Lipinski definition) is 3. The van der Waals surface area contributed by atoms with Gasteiger partial charge in [0.1, 0.15) is 6.04 Å². The number of nitrogens with zero attached hydrogens (tertiary/aromatic N) is 1. The molecule has 0 radical (unpaired) electrons. The first-order chi connectivity index (χ1) is 14.1. The Hall–Kier alpha value is -2.41. The van der Waals surface area contributed by atoms with Crippen LogP contribution in [0.3, 0.4) is 0 Å². The van der Waals surface area contributed by atoms with E-state index in [2.05, 4.69) is 24.5 Å². The molecule has 1 heterocycles. The molecule has 1 fully saturated rings. The van der Waals surface area contributed by atoms with E-state index < -0.39 is 12.1 Å². The zero-order valence-corrected chi connectivity index (χ0v) is 18.8. The van der Waals surface area contributed by atoms with Crippen molar-refractivity contribution in [1.82, 2.24) is 10.2 Å². The number of carbonyl (C=O) groups excluding carboxylic acids is 3. The van der Waals surface area contributed by atoms with Gasteiger partial charge >= 0.3 is 0 Å². The van der Waals surface area contributed by atoms with Gasteiger partial charge in [-0.15, -0.1) is 0 Å². The second-order valence-corrected chi connectivity index (χ2v) is 8.87. The molecule has 1 saturated heterocycles. The van der Waals surface area contributed by atoms with Crippen LogP contribution in [0.2, 0.25) is 0 Å². The standard InChI is InChI=1S/C23H36N4O3/c1-14(2)17-6-8-19(9-7-17)26-21(28)16(5)25-22(29)18-10-12-27(13-11-18)23(30)20(24)15(3)4/h6-9,14-16,18,20H,10-13,24H2,1-5H3,(H,25,29)(H,26,28)/t16-,20-/m0/s1. The molecule has 2 rings (SSSR count). The van der Waals surface area contributed by atoms with Crippen molar-refractivity contribution in [3.8, 4) is 0 Å². The normalized spacial score (nSPS) is 17.0. The van der Waals surface area contributed by atoms with Crippen molar-refractivity contribution >= 4 is 23.4 Å². The predicted octanol–water partition coefficient (Wildman–Crippen LogP) is 2.48. The average molecular weight is 417 g/mol. The average Bonchev–Trinajstić information content (AvgIpc) is 2.72. The topological polar surface area (TPSA) is 105 Å².